The van der Waals surface area contributed by atoms with E-state index < -0.39 is 15.8 Å². The summed E-state index contributed by atoms with van der Waals surface area (Å²) in [6, 6.07) is 9.54. The highest BCUT2D eigenvalue weighted by atomic mass is 32.2. The van der Waals surface area contributed by atoms with Crippen LogP contribution in [0.25, 0.3) is 0 Å². The van der Waals surface area contributed by atoms with E-state index in [4.69, 9.17) is 4.74 Å². The molecule has 0 heterocycles. The zero-order chi connectivity index (χ0) is 19.3. The molecule has 26 heavy (non-hydrogen) atoms. The molecule has 6 nitrogen and oxygen atoms in total. The molecule has 0 aliphatic heterocycles. The quantitative estimate of drug-likeness (QED) is 0.774. The van der Waals surface area contributed by atoms with E-state index in [-0.39, 0.29) is 22.5 Å². The third kappa shape index (κ3) is 5.03. The average Bonchev–Trinajstić information content (AvgIpc) is 2.57. The SMILES string of the molecule is COCC(C)NC(=O)c1cccc(NS(=O)(=O)c2ccc(C)c(F)c2)c1. The number of carbonyl (C=O) groups is 1. The van der Waals surface area contributed by atoms with Gasteiger partial charge in [0.2, 0.25) is 0 Å². The summed E-state index contributed by atoms with van der Waals surface area (Å²) in [5, 5.41) is 2.74. The minimum atomic E-state index is -3.97. The van der Waals surface area contributed by atoms with Gasteiger partial charge in [0, 0.05) is 24.4 Å². The lowest BCUT2D eigenvalue weighted by atomic mass is 10.2. The number of ether oxygens (including phenoxy) is 1. The lowest BCUT2D eigenvalue weighted by molar-refractivity contribution is 0.0905. The summed E-state index contributed by atoms with van der Waals surface area (Å²) in [7, 11) is -2.43. The number of methoxy groups -OCH3 is 1. The lowest BCUT2D eigenvalue weighted by Crippen LogP contribution is -2.35. The van der Waals surface area contributed by atoms with Crippen LogP contribution < -0.4 is 10.0 Å². The molecular formula is C18H21FN2O4S. The van der Waals surface area contributed by atoms with Gasteiger partial charge in [0.05, 0.1) is 11.5 Å². The normalized spacial score (nSPS) is 12.5. The summed E-state index contributed by atoms with van der Waals surface area (Å²) in [5.41, 5.74) is 0.856. The fourth-order valence-electron chi connectivity index (χ4n) is 2.28. The van der Waals surface area contributed by atoms with Crippen molar-refractivity contribution in [2.75, 3.05) is 18.4 Å². The first-order chi connectivity index (χ1) is 12.2. The van der Waals surface area contributed by atoms with Crippen molar-refractivity contribution in [1.29, 1.82) is 0 Å². The van der Waals surface area contributed by atoms with Crippen molar-refractivity contribution in [2.45, 2.75) is 24.8 Å². The molecule has 0 aliphatic rings. The Balaban J connectivity index is 2.19. The number of benzene rings is 2. The maximum atomic E-state index is 13.6. The maximum Gasteiger partial charge on any atom is 0.261 e. The molecule has 2 aromatic carbocycles. The van der Waals surface area contributed by atoms with Gasteiger partial charge in [-0.1, -0.05) is 12.1 Å². The second-order valence-corrected chi connectivity index (χ2v) is 7.61. The Hall–Kier alpha value is -2.45. The van der Waals surface area contributed by atoms with Gasteiger partial charge in [0.1, 0.15) is 5.82 Å². The number of halogens is 1. The van der Waals surface area contributed by atoms with Crippen LogP contribution in [0.15, 0.2) is 47.4 Å². The van der Waals surface area contributed by atoms with Crippen LogP contribution in [-0.2, 0) is 14.8 Å². The molecule has 0 aliphatic carbocycles. The molecule has 140 valence electrons. The molecule has 8 heteroatoms. The van der Waals surface area contributed by atoms with Gasteiger partial charge in [-0.2, -0.15) is 0 Å². The third-order valence-electron chi connectivity index (χ3n) is 3.62. The van der Waals surface area contributed by atoms with Gasteiger partial charge < -0.3 is 10.1 Å². The highest BCUT2D eigenvalue weighted by Crippen LogP contribution is 2.19. The predicted molar refractivity (Wildman–Crippen MR) is 97.2 cm³/mol. The number of hydrogen-bond donors (Lipinski definition) is 2. The molecule has 1 unspecified atom stereocenters. The highest BCUT2D eigenvalue weighted by molar-refractivity contribution is 7.92. The summed E-state index contributed by atoms with van der Waals surface area (Å²) in [6.45, 7) is 3.70. The van der Waals surface area contributed by atoms with E-state index in [1.54, 1.807) is 26.0 Å². The molecule has 0 saturated heterocycles. The molecular weight excluding hydrogens is 359 g/mol. The van der Waals surface area contributed by atoms with Crippen molar-refractivity contribution < 1.29 is 22.3 Å². The number of anilines is 1. The second-order valence-electron chi connectivity index (χ2n) is 5.93. The van der Waals surface area contributed by atoms with Crippen LogP contribution in [0.4, 0.5) is 10.1 Å². The van der Waals surface area contributed by atoms with Crippen LogP contribution in [0, 0.1) is 12.7 Å². The smallest absolute Gasteiger partial charge is 0.261 e. The molecule has 1 atom stereocenters. The van der Waals surface area contributed by atoms with Crippen LogP contribution in [0.5, 0.6) is 0 Å². The average molecular weight is 380 g/mol. The molecule has 0 spiro atoms. The molecule has 2 rings (SSSR count). The fraction of sp³-hybridized carbons (Fsp3) is 0.278. The molecule has 0 radical (unpaired) electrons. The fourth-order valence-corrected chi connectivity index (χ4v) is 3.34. The number of nitrogens with one attached hydrogen (secondary N) is 2. The van der Waals surface area contributed by atoms with Gasteiger partial charge in [0.25, 0.3) is 15.9 Å². The highest BCUT2D eigenvalue weighted by Gasteiger charge is 2.17. The number of hydrogen-bond acceptors (Lipinski definition) is 4. The monoisotopic (exact) mass is 380 g/mol. The van der Waals surface area contributed by atoms with E-state index in [2.05, 4.69) is 10.0 Å². The van der Waals surface area contributed by atoms with E-state index in [1.165, 1.54) is 31.4 Å². The van der Waals surface area contributed by atoms with E-state index in [0.29, 0.717) is 17.7 Å². The van der Waals surface area contributed by atoms with E-state index in [9.17, 15) is 17.6 Å². The van der Waals surface area contributed by atoms with Crippen LogP contribution in [0.1, 0.15) is 22.8 Å². The maximum absolute atomic E-state index is 13.6. The second kappa shape index (κ2) is 8.29. The summed E-state index contributed by atoms with van der Waals surface area (Å²) >= 11 is 0. The Morgan fingerprint density at radius 3 is 2.62 bits per heavy atom. The summed E-state index contributed by atoms with van der Waals surface area (Å²) in [6.07, 6.45) is 0. The standard InChI is InChI=1S/C18H21FN2O4S/c1-12-7-8-16(10-17(12)19)26(23,24)21-15-6-4-5-14(9-15)18(22)20-13(2)11-25-3/h4-10,13,21H,11H2,1-3H3,(H,20,22). The first-order valence-corrected chi connectivity index (χ1v) is 9.40. The molecule has 2 aromatic rings. The Bertz CT molecular complexity index is 900. The van der Waals surface area contributed by atoms with Crippen molar-refractivity contribution in [3.05, 3.63) is 59.4 Å². The number of sulfonamides is 1. The molecule has 1 amide bonds. The van der Waals surface area contributed by atoms with Crippen LogP contribution >= 0.6 is 0 Å². The summed E-state index contributed by atoms with van der Waals surface area (Å²) in [5.74, 6) is -0.954. The van der Waals surface area contributed by atoms with Gasteiger partial charge in [-0.15, -0.1) is 0 Å². The molecule has 2 N–H and O–H groups in total. The van der Waals surface area contributed by atoms with Crippen LogP contribution in [-0.4, -0.2) is 34.1 Å². The van der Waals surface area contributed by atoms with Gasteiger partial charge in [-0.25, -0.2) is 12.8 Å². The van der Waals surface area contributed by atoms with Crippen molar-refractivity contribution in [1.82, 2.24) is 5.32 Å². The largest absolute Gasteiger partial charge is 0.383 e. The summed E-state index contributed by atoms with van der Waals surface area (Å²) in [4.78, 5) is 12.0. The molecule has 0 aromatic heterocycles. The van der Waals surface area contributed by atoms with E-state index in [1.807, 2.05) is 0 Å². The zero-order valence-corrected chi connectivity index (χ0v) is 15.6. The first-order valence-electron chi connectivity index (χ1n) is 7.92. The Morgan fingerprint density at radius 1 is 1.23 bits per heavy atom. The van der Waals surface area contributed by atoms with Crippen molar-refractivity contribution >= 4 is 21.6 Å². The molecule has 0 saturated carbocycles. The first kappa shape index (κ1) is 19.9. The van der Waals surface area contributed by atoms with Crippen molar-refractivity contribution in [3.63, 3.8) is 0 Å². The van der Waals surface area contributed by atoms with Gasteiger partial charge in [-0.05, 0) is 49.7 Å². The molecule has 0 bridgehead atoms. The van der Waals surface area contributed by atoms with Crippen LogP contribution in [0.3, 0.4) is 0 Å². The Morgan fingerprint density at radius 2 is 1.96 bits per heavy atom. The topological polar surface area (TPSA) is 84.5 Å². The van der Waals surface area contributed by atoms with Crippen molar-refractivity contribution in [3.8, 4) is 0 Å². The third-order valence-corrected chi connectivity index (χ3v) is 5.00. The Kier molecular flexibility index (Phi) is 6.33. The predicted octanol–water partition coefficient (Wildman–Crippen LogP) is 2.70. The van der Waals surface area contributed by atoms with Gasteiger partial charge in [0.15, 0.2) is 0 Å². The minimum absolute atomic E-state index is 0.191. The minimum Gasteiger partial charge on any atom is -0.383 e. The number of amides is 1. The van der Waals surface area contributed by atoms with Crippen LogP contribution in [0.2, 0.25) is 0 Å². The molecule has 0 fully saturated rings. The Labute approximate surface area is 152 Å². The van der Waals surface area contributed by atoms with Crippen molar-refractivity contribution in [2.24, 2.45) is 0 Å². The number of carbonyl (C=O) groups excluding carboxylic acids is 1. The zero-order valence-electron chi connectivity index (χ0n) is 14.7. The summed E-state index contributed by atoms with van der Waals surface area (Å²) < 4.78 is 45.8. The van der Waals surface area contributed by atoms with Gasteiger partial charge >= 0.3 is 0 Å². The lowest BCUT2D eigenvalue weighted by Gasteiger charge is -2.14. The van der Waals surface area contributed by atoms with E-state index >= 15 is 0 Å². The number of rotatable bonds is 7. The van der Waals surface area contributed by atoms with Gasteiger partial charge in [-0.3, -0.25) is 9.52 Å². The van der Waals surface area contributed by atoms with E-state index in [0.717, 1.165) is 6.07 Å². The number of aryl methyl sites for hydroxylation is 1.